The SMILES string of the molecule is COC(=O)CNC(=O)C1(C)C(c2ccoc2)C(c2ccc(F)cc2F)=NN1c1ccc(F)cc1F. The highest BCUT2D eigenvalue weighted by atomic mass is 19.1. The van der Waals surface area contributed by atoms with Gasteiger partial charge in [0.1, 0.15) is 24.0 Å². The molecule has 11 heteroatoms. The molecule has 0 saturated carbocycles. The summed E-state index contributed by atoms with van der Waals surface area (Å²) >= 11 is 0. The third-order valence-corrected chi connectivity index (χ3v) is 5.79. The number of methoxy groups -OCH3 is 1. The zero-order valence-electron chi connectivity index (χ0n) is 18.5. The number of ether oxygens (including phenoxy) is 1. The van der Waals surface area contributed by atoms with E-state index in [1.165, 1.54) is 25.5 Å². The first-order chi connectivity index (χ1) is 16.7. The van der Waals surface area contributed by atoms with E-state index in [1.807, 2.05) is 0 Å². The van der Waals surface area contributed by atoms with Crippen LogP contribution < -0.4 is 10.3 Å². The van der Waals surface area contributed by atoms with Gasteiger partial charge in [0.2, 0.25) is 5.91 Å². The van der Waals surface area contributed by atoms with Crippen LogP contribution >= 0.6 is 0 Å². The van der Waals surface area contributed by atoms with E-state index in [2.05, 4.69) is 15.2 Å². The molecule has 7 nitrogen and oxygen atoms in total. The van der Waals surface area contributed by atoms with Crippen molar-refractivity contribution in [3.05, 3.63) is 89.4 Å². The number of nitrogens with zero attached hydrogens (tertiary/aromatic N) is 2. The number of esters is 1. The smallest absolute Gasteiger partial charge is 0.325 e. The molecule has 0 saturated heterocycles. The van der Waals surface area contributed by atoms with E-state index in [4.69, 9.17) is 4.42 Å². The van der Waals surface area contributed by atoms with Gasteiger partial charge in [-0.25, -0.2) is 22.6 Å². The lowest BCUT2D eigenvalue weighted by molar-refractivity contribution is -0.141. The quantitative estimate of drug-likeness (QED) is 0.420. The van der Waals surface area contributed by atoms with Crippen molar-refractivity contribution in [3.63, 3.8) is 0 Å². The van der Waals surface area contributed by atoms with Crippen LogP contribution in [-0.4, -0.2) is 36.8 Å². The lowest BCUT2D eigenvalue weighted by Gasteiger charge is -2.37. The number of benzene rings is 2. The first-order valence-corrected chi connectivity index (χ1v) is 10.3. The predicted molar refractivity (Wildman–Crippen MR) is 117 cm³/mol. The van der Waals surface area contributed by atoms with Gasteiger partial charge >= 0.3 is 5.97 Å². The molecule has 0 aliphatic carbocycles. The topological polar surface area (TPSA) is 84.1 Å². The zero-order valence-corrected chi connectivity index (χ0v) is 18.5. The molecule has 2 unspecified atom stereocenters. The molecule has 1 aliphatic rings. The normalized spacial score (nSPS) is 19.4. The summed E-state index contributed by atoms with van der Waals surface area (Å²) in [5.41, 5.74) is -1.91. The van der Waals surface area contributed by atoms with Crippen LogP contribution in [0, 0.1) is 23.3 Å². The minimum absolute atomic E-state index is 0.0386. The Morgan fingerprint density at radius 3 is 2.37 bits per heavy atom. The maximum Gasteiger partial charge on any atom is 0.325 e. The van der Waals surface area contributed by atoms with E-state index in [0.717, 1.165) is 36.4 Å². The largest absolute Gasteiger partial charge is 0.472 e. The van der Waals surface area contributed by atoms with Crippen LogP contribution in [0.3, 0.4) is 0 Å². The van der Waals surface area contributed by atoms with Crippen molar-refractivity contribution >= 4 is 23.3 Å². The number of nitrogens with one attached hydrogen (secondary N) is 1. The fourth-order valence-electron chi connectivity index (χ4n) is 4.07. The van der Waals surface area contributed by atoms with E-state index < -0.39 is 53.1 Å². The number of hydrogen-bond donors (Lipinski definition) is 1. The molecule has 2 aromatic carbocycles. The molecule has 0 spiro atoms. The van der Waals surface area contributed by atoms with Crippen LogP contribution in [-0.2, 0) is 14.3 Å². The summed E-state index contributed by atoms with van der Waals surface area (Å²) in [4.78, 5) is 25.2. The third kappa shape index (κ3) is 4.25. The lowest BCUT2D eigenvalue weighted by atomic mass is 9.76. The summed E-state index contributed by atoms with van der Waals surface area (Å²) in [6, 6.07) is 7.00. The fourth-order valence-corrected chi connectivity index (χ4v) is 4.07. The highest BCUT2D eigenvalue weighted by molar-refractivity contribution is 6.14. The molecule has 2 atom stereocenters. The maximum absolute atomic E-state index is 14.9. The molecule has 1 aromatic heterocycles. The molecule has 35 heavy (non-hydrogen) atoms. The minimum Gasteiger partial charge on any atom is -0.472 e. The van der Waals surface area contributed by atoms with Crippen LogP contribution in [0.2, 0.25) is 0 Å². The molecule has 4 rings (SSSR count). The number of amides is 1. The molecular weight excluding hydrogens is 470 g/mol. The number of anilines is 1. The molecule has 1 amide bonds. The molecule has 0 fully saturated rings. The van der Waals surface area contributed by atoms with Crippen LogP contribution in [0.5, 0.6) is 0 Å². The summed E-state index contributed by atoms with van der Waals surface area (Å²) < 4.78 is 66.8. The molecule has 2 heterocycles. The van der Waals surface area contributed by atoms with Gasteiger partial charge < -0.3 is 14.5 Å². The first kappa shape index (κ1) is 24.0. The molecule has 182 valence electrons. The monoisotopic (exact) mass is 489 g/mol. The van der Waals surface area contributed by atoms with E-state index in [9.17, 15) is 27.2 Å². The van der Waals surface area contributed by atoms with Crippen LogP contribution in [0.25, 0.3) is 0 Å². The van der Waals surface area contributed by atoms with Gasteiger partial charge in [0, 0.05) is 23.3 Å². The number of halogens is 4. The van der Waals surface area contributed by atoms with Crippen molar-refractivity contribution in [1.82, 2.24) is 5.32 Å². The van der Waals surface area contributed by atoms with E-state index in [-0.39, 0.29) is 17.0 Å². The molecular formula is C24H19F4N3O4. The summed E-state index contributed by atoms with van der Waals surface area (Å²) in [7, 11) is 1.14. The average molecular weight is 489 g/mol. The van der Waals surface area contributed by atoms with Gasteiger partial charge in [-0.15, -0.1) is 0 Å². The maximum atomic E-state index is 14.9. The number of carbonyl (C=O) groups is 2. The van der Waals surface area contributed by atoms with E-state index >= 15 is 0 Å². The number of furan rings is 1. The molecule has 0 radical (unpaired) electrons. The Morgan fingerprint density at radius 2 is 1.77 bits per heavy atom. The third-order valence-electron chi connectivity index (χ3n) is 5.79. The summed E-state index contributed by atoms with van der Waals surface area (Å²) in [5, 5.41) is 7.79. The van der Waals surface area contributed by atoms with Crippen molar-refractivity contribution in [2.75, 3.05) is 18.7 Å². The Morgan fingerprint density at radius 1 is 1.09 bits per heavy atom. The van der Waals surface area contributed by atoms with Gasteiger partial charge in [-0.1, -0.05) is 0 Å². The van der Waals surface area contributed by atoms with Crippen LogP contribution in [0.1, 0.15) is 24.0 Å². The summed E-state index contributed by atoms with van der Waals surface area (Å²) in [5.74, 6) is -6.30. The van der Waals surface area contributed by atoms with Crippen molar-refractivity contribution in [3.8, 4) is 0 Å². The second-order valence-electron chi connectivity index (χ2n) is 7.91. The zero-order chi connectivity index (χ0) is 25.3. The molecule has 3 aromatic rings. The Bertz CT molecular complexity index is 1310. The average Bonchev–Trinajstić information content (AvgIpc) is 3.44. The molecule has 1 N–H and O–H groups in total. The first-order valence-electron chi connectivity index (χ1n) is 10.3. The molecule has 1 aliphatic heterocycles. The van der Waals surface area contributed by atoms with Gasteiger partial charge in [0.15, 0.2) is 11.4 Å². The van der Waals surface area contributed by atoms with Gasteiger partial charge in [0.05, 0.1) is 37.0 Å². The van der Waals surface area contributed by atoms with Crippen molar-refractivity contribution in [2.45, 2.75) is 18.4 Å². The standard InChI is InChI=1S/C24H19F4N3O4/c1-24(23(33)29-11-20(32)34-2)21(13-7-8-35-12-13)22(16-5-3-14(25)9-17(16)27)30-31(24)19-6-4-15(26)10-18(19)28/h3-10,12,21H,11H2,1-2H3,(H,29,33). The number of rotatable bonds is 6. The van der Waals surface area contributed by atoms with Crippen molar-refractivity contribution in [1.29, 1.82) is 0 Å². The summed E-state index contributed by atoms with van der Waals surface area (Å²) in [6.07, 6.45) is 2.62. The minimum atomic E-state index is -1.81. The number of hydrogen-bond acceptors (Lipinski definition) is 6. The van der Waals surface area contributed by atoms with Crippen molar-refractivity contribution in [2.24, 2.45) is 5.10 Å². The number of hydrazone groups is 1. The van der Waals surface area contributed by atoms with Gasteiger partial charge in [-0.05, 0) is 37.3 Å². The predicted octanol–water partition coefficient (Wildman–Crippen LogP) is 3.89. The Hall–Kier alpha value is -4.15. The van der Waals surface area contributed by atoms with Crippen molar-refractivity contribution < 1.29 is 36.3 Å². The Kier molecular flexibility index (Phi) is 6.33. The lowest BCUT2D eigenvalue weighted by Crippen LogP contribution is -2.57. The van der Waals surface area contributed by atoms with E-state index in [0.29, 0.717) is 17.7 Å². The molecule has 0 bridgehead atoms. The second kappa shape index (κ2) is 9.24. The Labute approximate surface area is 197 Å². The highest BCUT2D eigenvalue weighted by Crippen LogP contribution is 2.46. The van der Waals surface area contributed by atoms with E-state index in [1.54, 1.807) is 0 Å². The highest BCUT2D eigenvalue weighted by Gasteiger charge is 2.56. The van der Waals surface area contributed by atoms with Gasteiger partial charge in [-0.3, -0.25) is 9.59 Å². The van der Waals surface area contributed by atoms with Crippen LogP contribution in [0.15, 0.2) is 64.5 Å². The second-order valence-corrected chi connectivity index (χ2v) is 7.91. The van der Waals surface area contributed by atoms with Gasteiger partial charge in [-0.2, -0.15) is 5.10 Å². The fraction of sp³-hybridized carbons (Fsp3) is 0.208. The number of carbonyl (C=O) groups excluding carboxylic acids is 2. The summed E-state index contributed by atoms with van der Waals surface area (Å²) in [6.45, 7) is 0.890. The van der Waals surface area contributed by atoms with Crippen LogP contribution in [0.4, 0.5) is 23.2 Å². The Balaban J connectivity index is 1.93. The van der Waals surface area contributed by atoms with Gasteiger partial charge in [0.25, 0.3) is 0 Å².